The van der Waals surface area contributed by atoms with Crippen molar-refractivity contribution in [3.63, 3.8) is 0 Å². The zero-order valence-corrected chi connectivity index (χ0v) is 14.4. The molecule has 3 rings (SSSR count). The zero-order chi connectivity index (χ0) is 17.9. The predicted octanol–water partition coefficient (Wildman–Crippen LogP) is 2.94. The van der Waals surface area contributed by atoms with Crippen molar-refractivity contribution in [2.45, 2.75) is 19.3 Å². The maximum Gasteiger partial charge on any atom is 0.235 e. The molecule has 0 saturated carbocycles. The number of rotatable bonds is 5. The number of aryl methyl sites for hydroxylation is 1. The van der Waals surface area contributed by atoms with E-state index in [4.69, 9.17) is 0 Å². The van der Waals surface area contributed by atoms with E-state index < -0.39 is 21.7 Å². The first-order valence-electron chi connectivity index (χ1n) is 8.10. The van der Waals surface area contributed by atoms with Gasteiger partial charge in [0, 0.05) is 13.0 Å². The van der Waals surface area contributed by atoms with Gasteiger partial charge in [-0.3, -0.25) is 9.10 Å². The van der Waals surface area contributed by atoms with Crippen LogP contribution < -0.4 is 9.62 Å². The Balaban J connectivity index is 1.67. The number of anilines is 2. The fraction of sp³-hybridized carbons (Fsp3) is 0.278. The van der Waals surface area contributed by atoms with E-state index in [1.165, 1.54) is 22.5 Å². The van der Waals surface area contributed by atoms with Crippen molar-refractivity contribution in [3.05, 3.63) is 59.9 Å². The summed E-state index contributed by atoms with van der Waals surface area (Å²) in [5, 5.41) is 2.41. The van der Waals surface area contributed by atoms with Gasteiger partial charge in [-0.2, -0.15) is 0 Å². The second-order valence-corrected chi connectivity index (χ2v) is 7.91. The molecular formula is C18H19FN2O3S. The number of hydrogen-bond donors (Lipinski definition) is 1. The summed E-state index contributed by atoms with van der Waals surface area (Å²) in [5.74, 6) is -1.40. The summed E-state index contributed by atoms with van der Waals surface area (Å²) in [4.78, 5) is 12.0. The molecule has 1 aliphatic rings. The molecule has 0 radical (unpaired) electrons. The molecule has 2 aromatic carbocycles. The molecule has 2 aromatic rings. The highest BCUT2D eigenvalue weighted by atomic mass is 32.2. The van der Waals surface area contributed by atoms with Crippen LogP contribution in [0.4, 0.5) is 15.8 Å². The Labute approximate surface area is 146 Å². The van der Waals surface area contributed by atoms with Crippen LogP contribution in [0.5, 0.6) is 0 Å². The number of carbonyl (C=O) groups is 1. The number of halogens is 1. The van der Waals surface area contributed by atoms with Crippen LogP contribution in [0.2, 0.25) is 0 Å². The van der Waals surface area contributed by atoms with Crippen molar-refractivity contribution in [3.8, 4) is 0 Å². The summed E-state index contributed by atoms with van der Waals surface area (Å²) in [6.45, 7) is 0.411. The Morgan fingerprint density at radius 3 is 2.64 bits per heavy atom. The van der Waals surface area contributed by atoms with Crippen molar-refractivity contribution in [2.24, 2.45) is 0 Å². The molecule has 0 atom stereocenters. The molecule has 1 heterocycles. The smallest absolute Gasteiger partial charge is 0.235 e. The summed E-state index contributed by atoms with van der Waals surface area (Å²) in [5.41, 5.74) is 1.73. The SMILES string of the molecule is O=C(CCS(=O)(=O)N1CCCc2ccccc21)Nc1ccccc1F. The molecule has 1 aliphatic heterocycles. The van der Waals surface area contributed by atoms with Gasteiger partial charge >= 0.3 is 0 Å². The highest BCUT2D eigenvalue weighted by molar-refractivity contribution is 7.92. The van der Waals surface area contributed by atoms with E-state index in [0.717, 1.165) is 18.4 Å². The van der Waals surface area contributed by atoms with Gasteiger partial charge in [0.15, 0.2) is 0 Å². The molecule has 1 N–H and O–H groups in total. The highest BCUT2D eigenvalue weighted by Crippen LogP contribution is 2.29. The zero-order valence-electron chi connectivity index (χ0n) is 13.6. The number of para-hydroxylation sites is 2. The number of benzene rings is 2. The third-order valence-corrected chi connectivity index (χ3v) is 5.91. The second-order valence-electron chi connectivity index (χ2n) is 5.90. The summed E-state index contributed by atoms with van der Waals surface area (Å²) < 4.78 is 40.2. The number of fused-ring (bicyclic) bond motifs is 1. The topological polar surface area (TPSA) is 66.5 Å². The number of amides is 1. The maximum absolute atomic E-state index is 13.5. The average molecular weight is 362 g/mol. The van der Waals surface area contributed by atoms with Gasteiger partial charge < -0.3 is 5.32 Å². The summed E-state index contributed by atoms with van der Waals surface area (Å²) >= 11 is 0. The van der Waals surface area contributed by atoms with Crippen molar-refractivity contribution >= 4 is 27.3 Å². The molecule has 0 aliphatic carbocycles. The van der Waals surface area contributed by atoms with Gasteiger partial charge in [0.1, 0.15) is 5.82 Å². The lowest BCUT2D eigenvalue weighted by Crippen LogP contribution is -2.37. The predicted molar refractivity (Wildman–Crippen MR) is 95.5 cm³/mol. The van der Waals surface area contributed by atoms with E-state index in [1.807, 2.05) is 12.1 Å². The second kappa shape index (κ2) is 7.23. The van der Waals surface area contributed by atoms with E-state index >= 15 is 0 Å². The molecule has 7 heteroatoms. The van der Waals surface area contributed by atoms with E-state index in [1.54, 1.807) is 18.2 Å². The first-order valence-corrected chi connectivity index (χ1v) is 9.71. The molecule has 0 bridgehead atoms. The van der Waals surface area contributed by atoms with Crippen LogP contribution in [0.25, 0.3) is 0 Å². The fourth-order valence-electron chi connectivity index (χ4n) is 2.90. The molecule has 0 unspecified atom stereocenters. The quantitative estimate of drug-likeness (QED) is 0.889. The van der Waals surface area contributed by atoms with Gasteiger partial charge in [-0.05, 0) is 36.6 Å². The van der Waals surface area contributed by atoms with Gasteiger partial charge in [0.05, 0.1) is 17.1 Å². The molecule has 132 valence electrons. The van der Waals surface area contributed by atoms with Crippen molar-refractivity contribution in [1.29, 1.82) is 0 Å². The monoisotopic (exact) mass is 362 g/mol. The largest absolute Gasteiger partial charge is 0.324 e. The number of nitrogens with one attached hydrogen (secondary N) is 1. The summed E-state index contributed by atoms with van der Waals surface area (Å²) in [6.07, 6.45) is 1.36. The Morgan fingerprint density at radius 2 is 1.84 bits per heavy atom. The molecular weight excluding hydrogens is 343 g/mol. The molecule has 0 saturated heterocycles. The number of sulfonamides is 1. The Bertz CT molecular complexity index is 883. The average Bonchev–Trinajstić information content (AvgIpc) is 2.61. The van der Waals surface area contributed by atoms with Crippen LogP contribution in [0, 0.1) is 5.82 Å². The summed E-state index contributed by atoms with van der Waals surface area (Å²) in [6, 6.07) is 13.2. The van der Waals surface area contributed by atoms with Gasteiger partial charge in [-0.15, -0.1) is 0 Å². The molecule has 25 heavy (non-hydrogen) atoms. The van der Waals surface area contributed by atoms with Crippen molar-refractivity contribution < 1.29 is 17.6 Å². The van der Waals surface area contributed by atoms with Crippen molar-refractivity contribution in [1.82, 2.24) is 0 Å². The molecule has 1 amide bonds. The first kappa shape index (κ1) is 17.4. The van der Waals surface area contributed by atoms with E-state index in [-0.39, 0.29) is 17.9 Å². The van der Waals surface area contributed by atoms with Gasteiger partial charge in [0.25, 0.3) is 0 Å². The number of nitrogens with zero attached hydrogens (tertiary/aromatic N) is 1. The number of carbonyl (C=O) groups excluding carboxylic acids is 1. The molecule has 0 spiro atoms. The lowest BCUT2D eigenvalue weighted by molar-refractivity contribution is -0.115. The third-order valence-electron chi connectivity index (χ3n) is 4.14. The third kappa shape index (κ3) is 3.99. The lowest BCUT2D eigenvalue weighted by atomic mass is 10.0. The minimum absolute atomic E-state index is 0.0493. The van der Waals surface area contributed by atoms with Crippen molar-refractivity contribution in [2.75, 3.05) is 21.9 Å². The van der Waals surface area contributed by atoms with Gasteiger partial charge in [-0.25, -0.2) is 12.8 Å². The fourth-order valence-corrected chi connectivity index (χ4v) is 4.44. The number of hydrogen-bond acceptors (Lipinski definition) is 3. The van der Waals surface area contributed by atoms with E-state index in [9.17, 15) is 17.6 Å². The van der Waals surface area contributed by atoms with Crippen LogP contribution in [-0.2, 0) is 21.2 Å². The Hall–Kier alpha value is -2.41. The normalized spacial score (nSPS) is 14.0. The van der Waals surface area contributed by atoms with Crippen LogP contribution in [0.3, 0.4) is 0 Å². The Kier molecular flexibility index (Phi) is 5.03. The van der Waals surface area contributed by atoms with Crippen LogP contribution in [0.1, 0.15) is 18.4 Å². The summed E-state index contributed by atoms with van der Waals surface area (Å²) in [7, 11) is -3.62. The van der Waals surface area contributed by atoms with Gasteiger partial charge in [0.2, 0.25) is 15.9 Å². The molecule has 5 nitrogen and oxygen atoms in total. The lowest BCUT2D eigenvalue weighted by Gasteiger charge is -2.30. The maximum atomic E-state index is 13.5. The van der Waals surface area contributed by atoms with Crippen LogP contribution in [-0.4, -0.2) is 26.6 Å². The minimum Gasteiger partial charge on any atom is -0.324 e. The standard InChI is InChI=1S/C18H19FN2O3S/c19-15-8-2-3-9-16(15)20-18(22)11-13-25(23,24)21-12-5-7-14-6-1-4-10-17(14)21/h1-4,6,8-10H,5,7,11-13H2,(H,20,22). The molecule has 0 aromatic heterocycles. The van der Waals surface area contributed by atoms with Crippen LogP contribution >= 0.6 is 0 Å². The van der Waals surface area contributed by atoms with Crippen LogP contribution in [0.15, 0.2) is 48.5 Å². The Morgan fingerprint density at radius 1 is 1.12 bits per heavy atom. The minimum atomic E-state index is -3.62. The first-order chi connectivity index (χ1) is 12.0. The van der Waals surface area contributed by atoms with Gasteiger partial charge in [-0.1, -0.05) is 30.3 Å². The van der Waals surface area contributed by atoms with E-state index in [2.05, 4.69) is 5.32 Å². The van der Waals surface area contributed by atoms with E-state index in [0.29, 0.717) is 12.2 Å². The molecule has 0 fully saturated rings. The highest BCUT2D eigenvalue weighted by Gasteiger charge is 2.27.